The summed E-state index contributed by atoms with van der Waals surface area (Å²) in [5, 5.41) is 10.9. The maximum absolute atomic E-state index is 10.9. The zero-order valence-corrected chi connectivity index (χ0v) is 10.1. The maximum Gasteiger partial charge on any atom is 0.145 e. The summed E-state index contributed by atoms with van der Waals surface area (Å²) in [4.78, 5) is 2.01. The second-order valence-electron chi connectivity index (χ2n) is 4.46. The van der Waals surface area contributed by atoms with Crippen LogP contribution < -0.4 is 0 Å². The summed E-state index contributed by atoms with van der Waals surface area (Å²) in [6.07, 6.45) is 5.32. The average Bonchev–Trinajstić information content (AvgIpc) is 2.69. The van der Waals surface area contributed by atoms with Gasteiger partial charge >= 0.3 is 0 Å². The van der Waals surface area contributed by atoms with Crippen LogP contribution in [0.1, 0.15) is 17.5 Å². The van der Waals surface area contributed by atoms with E-state index < -0.39 is 5.72 Å². The van der Waals surface area contributed by atoms with Crippen LogP contribution in [0, 0.1) is 0 Å². The molecule has 0 aliphatic heterocycles. The van der Waals surface area contributed by atoms with Crippen molar-refractivity contribution in [3.8, 4) is 0 Å². The standard InChI is InChI=1S/C15H19NO/c1-3-11-16(12-4-2)15(17)10-9-13-7-5-6-8-14(13)15/h3-8,17H,1-2,9-12H2. The van der Waals surface area contributed by atoms with E-state index in [1.165, 1.54) is 5.56 Å². The summed E-state index contributed by atoms with van der Waals surface area (Å²) in [7, 11) is 0. The summed E-state index contributed by atoms with van der Waals surface area (Å²) in [6.45, 7) is 8.84. The normalized spacial score (nSPS) is 22.5. The Morgan fingerprint density at radius 1 is 1.24 bits per heavy atom. The van der Waals surface area contributed by atoms with E-state index in [1.807, 2.05) is 35.3 Å². The fourth-order valence-electron chi connectivity index (χ4n) is 2.59. The molecule has 1 aliphatic carbocycles. The van der Waals surface area contributed by atoms with Crippen molar-refractivity contribution >= 4 is 0 Å². The lowest BCUT2D eigenvalue weighted by Gasteiger charge is -2.36. The number of benzene rings is 1. The van der Waals surface area contributed by atoms with Gasteiger partial charge in [-0.05, 0) is 18.4 Å². The van der Waals surface area contributed by atoms with Crippen molar-refractivity contribution in [3.63, 3.8) is 0 Å². The summed E-state index contributed by atoms with van der Waals surface area (Å²) >= 11 is 0. The lowest BCUT2D eigenvalue weighted by atomic mass is 10.0. The Bertz CT molecular complexity index is 417. The van der Waals surface area contributed by atoms with E-state index in [1.54, 1.807) is 0 Å². The van der Waals surface area contributed by atoms with Crippen LogP contribution in [0.15, 0.2) is 49.6 Å². The molecule has 0 saturated heterocycles. The molecular formula is C15H19NO. The summed E-state index contributed by atoms with van der Waals surface area (Å²) in [6, 6.07) is 8.11. The van der Waals surface area contributed by atoms with E-state index in [0.29, 0.717) is 13.1 Å². The minimum absolute atomic E-state index is 0.664. The van der Waals surface area contributed by atoms with Crippen molar-refractivity contribution in [2.75, 3.05) is 13.1 Å². The van der Waals surface area contributed by atoms with Gasteiger partial charge in [0.25, 0.3) is 0 Å². The molecule has 2 heteroatoms. The largest absolute Gasteiger partial charge is 0.371 e. The number of aliphatic hydroxyl groups is 1. The molecule has 0 heterocycles. The molecule has 0 spiro atoms. The Balaban J connectivity index is 2.35. The highest BCUT2D eigenvalue weighted by Gasteiger charge is 2.40. The lowest BCUT2D eigenvalue weighted by Crippen LogP contribution is -2.44. The van der Waals surface area contributed by atoms with E-state index in [-0.39, 0.29) is 0 Å². The molecule has 17 heavy (non-hydrogen) atoms. The van der Waals surface area contributed by atoms with Gasteiger partial charge in [-0.25, -0.2) is 0 Å². The van der Waals surface area contributed by atoms with Crippen LogP contribution in [-0.2, 0) is 12.1 Å². The summed E-state index contributed by atoms with van der Waals surface area (Å²) in [5.74, 6) is 0. The fraction of sp³-hybridized carbons (Fsp3) is 0.333. The van der Waals surface area contributed by atoms with Crippen LogP contribution in [0.25, 0.3) is 0 Å². The quantitative estimate of drug-likeness (QED) is 0.619. The SMILES string of the molecule is C=CCN(CC=C)C1(O)CCc2ccccc21. The topological polar surface area (TPSA) is 23.5 Å². The van der Waals surface area contributed by atoms with Crippen LogP contribution >= 0.6 is 0 Å². The van der Waals surface area contributed by atoms with Crippen LogP contribution in [0.5, 0.6) is 0 Å². The van der Waals surface area contributed by atoms with Gasteiger partial charge in [0.15, 0.2) is 0 Å². The highest BCUT2D eigenvalue weighted by molar-refractivity contribution is 5.36. The molecule has 0 fully saturated rings. The first-order valence-electron chi connectivity index (χ1n) is 6.00. The van der Waals surface area contributed by atoms with Crippen molar-refractivity contribution in [3.05, 3.63) is 60.7 Å². The maximum atomic E-state index is 10.9. The highest BCUT2D eigenvalue weighted by Crippen LogP contribution is 2.39. The first-order chi connectivity index (χ1) is 8.22. The van der Waals surface area contributed by atoms with Gasteiger partial charge in [-0.15, -0.1) is 13.2 Å². The Hall–Kier alpha value is -1.38. The predicted octanol–water partition coefficient (Wildman–Crippen LogP) is 2.45. The minimum atomic E-state index is -0.862. The Morgan fingerprint density at radius 3 is 2.53 bits per heavy atom. The molecular weight excluding hydrogens is 210 g/mol. The molecule has 1 aliphatic rings. The van der Waals surface area contributed by atoms with Crippen LogP contribution in [0.3, 0.4) is 0 Å². The zero-order valence-electron chi connectivity index (χ0n) is 10.1. The molecule has 90 valence electrons. The number of hydrogen-bond acceptors (Lipinski definition) is 2. The Morgan fingerprint density at radius 2 is 1.88 bits per heavy atom. The number of aryl methyl sites for hydroxylation is 1. The van der Waals surface area contributed by atoms with Crippen molar-refractivity contribution in [1.29, 1.82) is 0 Å². The molecule has 1 unspecified atom stereocenters. The lowest BCUT2D eigenvalue weighted by molar-refractivity contribution is -0.103. The van der Waals surface area contributed by atoms with Gasteiger partial charge in [-0.1, -0.05) is 36.4 Å². The monoisotopic (exact) mass is 229 g/mol. The molecule has 1 atom stereocenters. The third kappa shape index (κ3) is 2.06. The molecule has 0 amide bonds. The van der Waals surface area contributed by atoms with E-state index in [4.69, 9.17) is 0 Å². The molecule has 0 radical (unpaired) electrons. The fourth-order valence-corrected chi connectivity index (χ4v) is 2.59. The Labute approximate surface area is 103 Å². The predicted molar refractivity (Wildman–Crippen MR) is 70.6 cm³/mol. The van der Waals surface area contributed by atoms with E-state index >= 15 is 0 Å². The molecule has 1 N–H and O–H groups in total. The molecule has 0 saturated carbocycles. The van der Waals surface area contributed by atoms with E-state index in [9.17, 15) is 5.11 Å². The molecule has 0 aromatic heterocycles. The average molecular weight is 229 g/mol. The summed E-state index contributed by atoms with van der Waals surface area (Å²) in [5.41, 5.74) is 1.41. The van der Waals surface area contributed by atoms with Crippen LogP contribution in [0.4, 0.5) is 0 Å². The highest BCUT2D eigenvalue weighted by atomic mass is 16.3. The summed E-state index contributed by atoms with van der Waals surface area (Å²) < 4.78 is 0. The number of rotatable bonds is 5. The van der Waals surface area contributed by atoms with Gasteiger partial charge < -0.3 is 5.11 Å². The third-order valence-electron chi connectivity index (χ3n) is 3.41. The molecule has 2 rings (SSSR count). The number of nitrogens with zero attached hydrogens (tertiary/aromatic N) is 1. The van der Waals surface area contributed by atoms with Gasteiger partial charge in [-0.3, -0.25) is 4.90 Å². The van der Waals surface area contributed by atoms with E-state index in [0.717, 1.165) is 18.4 Å². The molecule has 1 aromatic carbocycles. The second-order valence-corrected chi connectivity index (χ2v) is 4.46. The van der Waals surface area contributed by atoms with Gasteiger partial charge in [0.05, 0.1) is 0 Å². The molecule has 1 aromatic rings. The van der Waals surface area contributed by atoms with Crippen LogP contribution in [-0.4, -0.2) is 23.1 Å². The first-order valence-corrected chi connectivity index (χ1v) is 6.00. The first kappa shape index (κ1) is 12.1. The zero-order chi connectivity index (χ0) is 12.3. The minimum Gasteiger partial charge on any atom is -0.371 e. The van der Waals surface area contributed by atoms with Gasteiger partial charge in [0, 0.05) is 18.7 Å². The van der Waals surface area contributed by atoms with Gasteiger partial charge in [0.1, 0.15) is 5.72 Å². The molecule has 2 nitrogen and oxygen atoms in total. The van der Waals surface area contributed by atoms with Crippen molar-refractivity contribution in [2.45, 2.75) is 18.6 Å². The van der Waals surface area contributed by atoms with E-state index in [2.05, 4.69) is 19.2 Å². The van der Waals surface area contributed by atoms with Crippen molar-refractivity contribution in [1.82, 2.24) is 4.90 Å². The second kappa shape index (κ2) is 4.86. The smallest absolute Gasteiger partial charge is 0.145 e. The van der Waals surface area contributed by atoms with Gasteiger partial charge in [-0.2, -0.15) is 0 Å². The van der Waals surface area contributed by atoms with Gasteiger partial charge in [0.2, 0.25) is 0 Å². The Kier molecular flexibility index (Phi) is 3.46. The van der Waals surface area contributed by atoms with Crippen molar-refractivity contribution < 1.29 is 5.11 Å². The number of hydrogen-bond donors (Lipinski definition) is 1. The molecule has 0 bridgehead atoms. The number of fused-ring (bicyclic) bond motifs is 1. The van der Waals surface area contributed by atoms with Crippen LogP contribution in [0.2, 0.25) is 0 Å². The third-order valence-corrected chi connectivity index (χ3v) is 3.41. The van der Waals surface area contributed by atoms with Crippen molar-refractivity contribution in [2.24, 2.45) is 0 Å².